The number of anilines is 3. The molecule has 1 aromatic heterocycles. The van der Waals surface area contributed by atoms with Crippen LogP contribution >= 0.6 is 0 Å². The van der Waals surface area contributed by atoms with E-state index >= 15 is 0 Å². The molecule has 1 saturated carbocycles. The predicted octanol–water partition coefficient (Wildman–Crippen LogP) is 2.25. The Morgan fingerprint density at radius 1 is 1.17 bits per heavy atom. The van der Waals surface area contributed by atoms with Crippen molar-refractivity contribution in [2.45, 2.75) is 37.8 Å². The number of amides is 1. The number of nitrogens with two attached hydrogens (primary N) is 2. The van der Waals surface area contributed by atoms with Crippen LogP contribution in [0.25, 0.3) is 0 Å². The maximum absolute atomic E-state index is 11.6. The van der Waals surface area contributed by atoms with E-state index in [0.29, 0.717) is 17.3 Å². The van der Waals surface area contributed by atoms with Crippen LogP contribution in [0.2, 0.25) is 0 Å². The molecule has 1 fully saturated rings. The lowest BCUT2D eigenvalue weighted by Crippen LogP contribution is -2.33. The van der Waals surface area contributed by atoms with Crippen LogP contribution in [0, 0.1) is 0 Å². The highest BCUT2D eigenvalue weighted by Crippen LogP contribution is 2.23. The van der Waals surface area contributed by atoms with E-state index in [0.717, 1.165) is 31.4 Å². The van der Waals surface area contributed by atoms with Crippen LogP contribution < -0.4 is 22.1 Å². The van der Waals surface area contributed by atoms with E-state index in [-0.39, 0.29) is 13.5 Å². The molecule has 1 aromatic carbocycles. The van der Waals surface area contributed by atoms with Crippen molar-refractivity contribution in [2.75, 3.05) is 10.6 Å². The Balaban J connectivity index is 0.00000225. The van der Waals surface area contributed by atoms with Gasteiger partial charge in [-0.2, -0.15) is 4.98 Å². The van der Waals surface area contributed by atoms with Gasteiger partial charge in [0.1, 0.15) is 5.82 Å². The average molecular weight is 329 g/mol. The van der Waals surface area contributed by atoms with Gasteiger partial charge >= 0.3 is 0 Å². The standard InChI is InChI=1S/C17H22N6O.H2/c18-11-6-8-13(9-7-11)21-16-14(15(19)24)10-20-17(23-16)22-12-4-2-1-3-5-12;/h1-5,10-11,13H,6-9,18H2,(H2,19,24)(H2,20,21,22,23);1H/i;1+1. The molecular weight excluding hydrogens is 304 g/mol. The molecule has 0 aliphatic heterocycles. The SMILES string of the molecule is NC(=O)c1cnc(Nc2ccccc2)nc1NC1CCC(N)CC1.[2HH]. The fourth-order valence-corrected chi connectivity index (χ4v) is 2.84. The summed E-state index contributed by atoms with van der Waals surface area (Å²) in [5.41, 5.74) is 12.6. The van der Waals surface area contributed by atoms with Crippen LogP contribution in [0.3, 0.4) is 0 Å². The number of nitrogens with one attached hydrogen (secondary N) is 2. The van der Waals surface area contributed by atoms with Crippen LogP contribution in [0.5, 0.6) is 0 Å². The molecule has 0 bridgehead atoms. The minimum Gasteiger partial charge on any atom is -0.367 e. The molecule has 1 amide bonds. The highest BCUT2D eigenvalue weighted by Gasteiger charge is 2.21. The first-order valence-electron chi connectivity index (χ1n) is 8.13. The van der Waals surface area contributed by atoms with Crippen molar-refractivity contribution in [3.05, 3.63) is 42.1 Å². The number of nitrogens with zero attached hydrogens (tertiary/aromatic N) is 2. The molecular formula is C17H24N6O. The largest absolute Gasteiger partial charge is 0.367 e. The van der Waals surface area contributed by atoms with Gasteiger partial charge in [0, 0.05) is 25.4 Å². The molecule has 1 aliphatic rings. The average Bonchev–Trinajstić information content (AvgIpc) is 2.58. The molecule has 0 saturated heterocycles. The Morgan fingerprint density at radius 2 is 1.88 bits per heavy atom. The third-order valence-electron chi connectivity index (χ3n) is 4.20. The number of rotatable bonds is 5. The molecule has 3 rings (SSSR count). The van der Waals surface area contributed by atoms with E-state index in [1.54, 1.807) is 0 Å². The van der Waals surface area contributed by atoms with E-state index < -0.39 is 5.91 Å². The maximum atomic E-state index is 11.6. The van der Waals surface area contributed by atoms with Gasteiger partial charge in [0.2, 0.25) is 5.95 Å². The second-order valence-corrected chi connectivity index (χ2v) is 6.07. The number of carbonyl (C=O) groups is 1. The zero-order valence-electron chi connectivity index (χ0n) is 13.4. The molecule has 1 aliphatic carbocycles. The number of primary amides is 1. The van der Waals surface area contributed by atoms with Crippen molar-refractivity contribution in [1.29, 1.82) is 0 Å². The van der Waals surface area contributed by atoms with Crippen LogP contribution in [0.4, 0.5) is 17.5 Å². The van der Waals surface area contributed by atoms with Crippen molar-refractivity contribution in [2.24, 2.45) is 11.5 Å². The minimum atomic E-state index is -0.545. The zero-order valence-corrected chi connectivity index (χ0v) is 13.4. The van der Waals surface area contributed by atoms with Gasteiger partial charge in [-0.3, -0.25) is 4.79 Å². The molecule has 0 spiro atoms. The van der Waals surface area contributed by atoms with Crippen LogP contribution in [-0.4, -0.2) is 28.0 Å². The second kappa shape index (κ2) is 7.27. The molecule has 0 unspecified atom stereocenters. The van der Waals surface area contributed by atoms with Gasteiger partial charge in [-0.15, -0.1) is 0 Å². The van der Waals surface area contributed by atoms with Crippen molar-refractivity contribution in [3.63, 3.8) is 0 Å². The Morgan fingerprint density at radius 3 is 2.54 bits per heavy atom. The first kappa shape index (κ1) is 16.2. The Bertz CT molecular complexity index is 704. The maximum Gasteiger partial charge on any atom is 0.254 e. The summed E-state index contributed by atoms with van der Waals surface area (Å²) >= 11 is 0. The molecule has 0 radical (unpaired) electrons. The van der Waals surface area contributed by atoms with Crippen LogP contribution in [0.15, 0.2) is 36.5 Å². The molecule has 1 heterocycles. The third kappa shape index (κ3) is 3.99. The molecule has 7 heteroatoms. The Kier molecular flexibility index (Phi) is 4.90. The Labute approximate surface area is 142 Å². The summed E-state index contributed by atoms with van der Waals surface area (Å²) < 4.78 is 0. The van der Waals surface area contributed by atoms with Gasteiger partial charge in [-0.05, 0) is 37.8 Å². The molecule has 128 valence electrons. The van der Waals surface area contributed by atoms with Gasteiger partial charge < -0.3 is 22.1 Å². The first-order valence-corrected chi connectivity index (χ1v) is 8.13. The summed E-state index contributed by atoms with van der Waals surface area (Å²) in [6.45, 7) is 0. The lowest BCUT2D eigenvalue weighted by Gasteiger charge is -2.27. The number of benzene rings is 1. The predicted molar refractivity (Wildman–Crippen MR) is 96.2 cm³/mol. The van der Waals surface area contributed by atoms with Crippen molar-refractivity contribution < 1.29 is 6.22 Å². The molecule has 24 heavy (non-hydrogen) atoms. The van der Waals surface area contributed by atoms with Gasteiger partial charge in [-0.25, -0.2) is 4.98 Å². The molecule has 2 aromatic rings. The van der Waals surface area contributed by atoms with E-state index in [1.807, 2.05) is 30.3 Å². The van der Waals surface area contributed by atoms with Gasteiger partial charge in [-0.1, -0.05) is 18.2 Å². The highest BCUT2D eigenvalue weighted by atomic mass is 16.1. The number of hydrogen-bond acceptors (Lipinski definition) is 6. The smallest absolute Gasteiger partial charge is 0.254 e. The third-order valence-corrected chi connectivity index (χ3v) is 4.20. The minimum absolute atomic E-state index is 0. The number of carbonyl (C=O) groups excluding carboxylic acids is 1. The van der Waals surface area contributed by atoms with E-state index in [2.05, 4.69) is 20.6 Å². The summed E-state index contributed by atoms with van der Waals surface area (Å²) in [6.07, 6.45) is 5.28. The highest BCUT2D eigenvalue weighted by molar-refractivity contribution is 5.97. The van der Waals surface area contributed by atoms with E-state index in [4.69, 9.17) is 11.5 Å². The monoisotopic (exact) mass is 329 g/mol. The Hall–Kier alpha value is -2.67. The number of para-hydroxylation sites is 1. The van der Waals surface area contributed by atoms with Crippen LogP contribution in [0.1, 0.15) is 37.5 Å². The fourth-order valence-electron chi connectivity index (χ4n) is 2.84. The van der Waals surface area contributed by atoms with Crippen molar-refractivity contribution in [3.8, 4) is 0 Å². The lowest BCUT2D eigenvalue weighted by atomic mass is 9.92. The topological polar surface area (TPSA) is 119 Å². The molecule has 0 atom stereocenters. The van der Waals surface area contributed by atoms with Gasteiger partial charge in [0.25, 0.3) is 5.91 Å². The van der Waals surface area contributed by atoms with Gasteiger partial charge in [0.15, 0.2) is 0 Å². The number of aromatic nitrogens is 2. The lowest BCUT2D eigenvalue weighted by molar-refractivity contribution is 0.100. The number of hydrogen-bond donors (Lipinski definition) is 4. The first-order chi connectivity index (χ1) is 11.6. The quantitative estimate of drug-likeness (QED) is 0.668. The van der Waals surface area contributed by atoms with Crippen LogP contribution in [-0.2, 0) is 0 Å². The zero-order chi connectivity index (χ0) is 16.9. The van der Waals surface area contributed by atoms with E-state index in [1.165, 1.54) is 6.20 Å². The molecule has 7 nitrogen and oxygen atoms in total. The van der Waals surface area contributed by atoms with Crippen molar-refractivity contribution >= 4 is 23.4 Å². The van der Waals surface area contributed by atoms with Crippen molar-refractivity contribution in [1.82, 2.24) is 9.97 Å². The van der Waals surface area contributed by atoms with E-state index in [9.17, 15) is 4.79 Å². The normalized spacial score (nSPS) is 20.4. The summed E-state index contributed by atoms with van der Waals surface area (Å²) in [4.78, 5) is 20.3. The summed E-state index contributed by atoms with van der Waals surface area (Å²) in [6, 6.07) is 10.1. The summed E-state index contributed by atoms with van der Waals surface area (Å²) in [5.74, 6) is 0.342. The molecule has 6 N–H and O–H groups in total. The summed E-state index contributed by atoms with van der Waals surface area (Å²) in [7, 11) is 0. The summed E-state index contributed by atoms with van der Waals surface area (Å²) in [5, 5.41) is 6.45. The van der Waals surface area contributed by atoms with Gasteiger partial charge in [0.05, 0.1) is 5.56 Å². The second-order valence-electron chi connectivity index (χ2n) is 6.07. The fraction of sp³-hybridized carbons (Fsp3) is 0.353.